The summed E-state index contributed by atoms with van der Waals surface area (Å²) in [4.78, 5) is 18.2. The number of anilines is 1. The van der Waals surface area contributed by atoms with Crippen LogP contribution in [0.3, 0.4) is 0 Å². The molecule has 2 fully saturated rings. The predicted molar refractivity (Wildman–Crippen MR) is 114 cm³/mol. The minimum atomic E-state index is -2.52. The molecule has 2 atom stereocenters. The standard InChI is InChI=1S/C24H28F2N2O3/c1-16(12-22(29)18-2-3-18)17-4-6-20(7-5-17)31-21-9-11-28(14-21)19-8-10-27-24(13-19)30-15-23(25)26/h4-8,10,13,16,18,21,23H,2-3,9,11-12,14-15H2,1H3/t16-,21-/m1/s1. The Morgan fingerprint density at radius 3 is 2.68 bits per heavy atom. The van der Waals surface area contributed by atoms with Gasteiger partial charge in [-0.2, -0.15) is 0 Å². The Balaban J connectivity index is 1.29. The normalized spacial score (nSPS) is 19.5. The Kier molecular flexibility index (Phi) is 6.68. The lowest BCUT2D eigenvalue weighted by molar-refractivity contribution is -0.120. The summed E-state index contributed by atoms with van der Waals surface area (Å²) < 4.78 is 35.9. The van der Waals surface area contributed by atoms with Gasteiger partial charge in [0.05, 0.1) is 6.54 Å². The second kappa shape index (κ2) is 9.62. The van der Waals surface area contributed by atoms with Gasteiger partial charge in [-0.1, -0.05) is 19.1 Å². The average Bonchev–Trinajstić information content (AvgIpc) is 3.52. The largest absolute Gasteiger partial charge is 0.489 e. The first-order valence-corrected chi connectivity index (χ1v) is 10.9. The van der Waals surface area contributed by atoms with Crippen molar-refractivity contribution in [2.45, 2.75) is 51.1 Å². The fourth-order valence-corrected chi connectivity index (χ4v) is 3.94. The predicted octanol–water partition coefficient (Wildman–Crippen LogP) is 4.86. The van der Waals surface area contributed by atoms with Gasteiger partial charge in [0, 0.05) is 43.3 Å². The van der Waals surface area contributed by atoms with Gasteiger partial charge in [-0.25, -0.2) is 13.8 Å². The van der Waals surface area contributed by atoms with Crippen LogP contribution in [0, 0.1) is 5.92 Å². The highest BCUT2D eigenvalue weighted by Gasteiger charge is 2.30. The first kappa shape index (κ1) is 21.5. The molecule has 7 heteroatoms. The molecule has 4 rings (SSSR count). The number of ether oxygens (including phenoxy) is 2. The first-order valence-electron chi connectivity index (χ1n) is 10.9. The van der Waals surface area contributed by atoms with Crippen LogP contribution >= 0.6 is 0 Å². The second-order valence-electron chi connectivity index (χ2n) is 8.44. The summed E-state index contributed by atoms with van der Waals surface area (Å²) in [6.07, 6.45) is 2.67. The van der Waals surface area contributed by atoms with E-state index in [2.05, 4.69) is 16.8 Å². The zero-order valence-electron chi connectivity index (χ0n) is 17.7. The molecule has 1 aromatic heterocycles. The number of Topliss-reactive ketones (excluding diaryl/α,β-unsaturated/α-hetero) is 1. The van der Waals surface area contributed by atoms with Crippen molar-refractivity contribution in [1.82, 2.24) is 4.98 Å². The number of carbonyl (C=O) groups excluding carboxylic acids is 1. The number of ketones is 1. The highest BCUT2D eigenvalue weighted by Crippen LogP contribution is 2.34. The van der Waals surface area contributed by atoms with Crippen LogP contribution in [0.5, 0.6) is 11.6 Å². The lowest BCUT2D eigenvalue weighted by Gasteiger charge is -2.20. The highest BCUT2D eigenvalue weighted by atomic mass is 19.3. The van der Waals surface area contributed by atoms with E-state index in [1.54, 1.807) is 12.3 Å². The van der Waals surface area contributed by atoms with E-state index in [9.17, 15) is 13.6 Å². The van der Waals surface area contributed by atoms with Crippen molar-refractivity contribution >= 4 is 11.5 Å². The number of alkyl halides is 2. The summed E-state index contributed by atoms with van der Waals surface area (Å²) in [6, 6.07) is 11.6. The third-order valence-corrected chi connectivity index (χ3v) is 5.88. The number of hydrogen-bond donors (Lipinski definition) is 0. The van der Waals surface area contributed by atoms with E-state index in [4.69, 9.17) is 9.47 Å². The lowest BCUT2D eigenvalue weighted by atomic mass is 9.94. The van der Waals surface area contributed by atoms with E-state index in [0.717, 1.165) is 42.8 Å². The molecule has 0 unspecified atom stereocenters. The smallest absolute Gasteiger partial charge is 0.272 e. The summed E-state index contributed by atoms with van der Waals surface area (Å²) >= 11 is 0. The molecule has 0 spiro atoms. The van der Waals surface area contributed by atoms with Gasteiger partial charge >= 0.3 is 0 Å². The SMILES string of the molecule is C[C@H](CC(=O)C1CC1)c1ccc(O[C@@H]2CCN(c3ccnc(OCC(F)F)c3)C2)cc1. The van der Waals surface area contributed by atoms with Crippen molar-refractivity contribution in [3.8, 4) is 11.6 Å². The van der Waals surface area contributed by atoms with Gasteiger partial charge in [0.2, 0.25) is 5.88 Å². The van der Waals surface area contributed by atoms with Crippen LogP contribution in [0.25, 0.3) is 0 Å². The first-order chi connectivity index (χ1) is 15.0. The topological polar surface area (TPSA) is 51.7 Å². The van der Waals surface area contributed by atoms with Gasteiger partial charge < -0.3 is 14.4 Å². The lowest BCUT2D eigenvalue weighted by Crippen LogP contribution is -2.24. The van der Waals surface area contributed by atoms with E-state index in [-0.39, 0.29) is 17.9 Å². The maximum absolute atomic E-state index is 12.3. The summed E-state index contributed by atoms with van der Waals surface area (Å²) in [5.74, 6) is 1.93. The molecule has 31 heavy (non-hydrogen) atoms. The fourth-order valence-electron chi connectivity index (χ4n) is 3.94. The van der Waals surface area contributed by atoms with E-state index in [1.807, 2.05) is 30.3 Å². The molecular formula is C24H28F2N2O3. The minimum absolute atomic E-state index is 0.0401. The van der Waals surface area contributed by atoms with Crippen LogP contribution in [0.2, 0.25) is 0 Å². The average molecular weight is 430 g/mol. The molecule has 166 valence electrons. The monoisotopic (exact) mass is 430 g/mol. The van der Waals surface area contributed by atoms with E-state index in [1.165, 1.54) is 0 Å². The van der Waals surface area contributed by atoms with E-state index < -0.39 is 13.0 Å². The molecule has 1 aliphatic heterocycles. The molecule has 1 saturated carbocycles. The van der Waals surface area contributed by atoms with Gasteiger partial charge in [0.15, 0.2) is 6.61 Å². The third kappa shape index (κ3) is 5.93. The van der Waals surface area contributed by atoms with Gasteiger partial charge in [0.1, 0.15) is 17.6 Å². The Morgan fingerprint density at radius 2 is 1.97 bits per heavy atom. The van der Waals surface area contributed by atoms with Crippen molar-refractivity contribution in [2.24, 2.45) is 5.92 Å². The molecule has 1 saturated heterocycles. The number of rotatable bonds is 10. The molecule has 0 radical (unpaired) electrons. The molecule has 2 heterocycles. The summed E-state index contributed by atoms with van der Waals surface area (Å²) in [5.41, 5.74) is 2.04. The van der Waals surface area contributed by atoms with Crippen molar-refractivity contribution in [2.75, 3.05) is 24.6 Å². The van der Waals surface area contributed by atoms with E-state index in [0.29, 0.717) is 24.7 Å². The molecular weight excluding hydrogens is 402 g/mol. The zero-order chi connectivity index (χ0) is 21.8. The molecule has 0 amide bonds. The second-order valence-corrected chi connectivity index (χ2v) is 8.44. The molecule has 2 aliphatic rings. The molecule has 2 aromatic rings. The van der Waals surface area contributed by atoms with Gasteiger partial charge in [-0.3, -0.25) is 4.79 Å². The Bertz CT molecular complexity index is 887. The minimum Gasteiger partial charge on any atom is -0.489 e. The van der Waals surface area contributed by atoms with Crippen molar-refractivity contribution < 1.29 is 23.0 Å². The number of aromatic nitrogens is 1. The summed E-state index contributed by atoms with van der Waals surface area (Å²) in [7, 11) is 0. The van der Waals surface area contributed by atoms with Gasteiger partial charge in [-0.15, -0.1) is 0 Å². The van der Waals surface area contributed by atoms with Crippen molar-refractivity contribution in [3.05, 3.63) is 48.2 Å². The van der Waals surface area contributed by atoms with Crippen LogP contribution < -0.4 is 14.4 Å². The molecule has 1 aliphatic carbocycles. The van der Waals surface area contributed by atoms with Gasteiger partial charge in [0.25, 0.3) is 6.43 Å². The van der Waals surface area contributed by atoms with Gasteiger partial charge in [-0.05, 0) is 42.5 Å². The number of nitrogens with zero attached hydrogens (tertiary/aromatic N) is 2. The Morgan fingerprint density at radius 1 is 1.19 bits per heavy atom. The molecule has 1 aromatic carbocycles. The third-order valence-electron chi connectivity index (χ3n) is 5.88. The highest BCUT2D eigenvalue weighted by molar-refractivity contribution is 5.83. The molecule has 0 bridgehead atoms. The number of hydrogen-bond acceptors (Lipinski definition) is 5. The maximum Gasteiger partial charge on any atom is 0.272 e. The van der Waals surface area contributed by atoms with Crippen molar-refractivity contribution in [3.63, 3.8) is 0 Å². The summed E-state index contributed by atoms with van der Waals surface area (Å²) in [6.45, 7) is 2.94. The Hall–Kier alpha value is -2.70. The van der Waals surface area contributed by atoms with Crippen LogP contribution in [0.15, 0.2) is 42.6 Å². The van der Waals surface area contributed by atoms with E-state index >= 15 is 0 Å². The van der Waals surface area contributed by atoms with Crippen LogP contribution in [0.4, 0.5) is 14.5 Å². The molecule has 5 nitrogen and oxygen atoms in total. The fraction of sp³-hybridized carbons (Fsp3) is 0.500. The number of benzene rings is 1. The number of pyridine rings is 1. The van der Waals surface area contributed by atoms with Crippen molar-refractivity contribution in [1.29, 1.82) is 0 Å². The maximum atomic E-state index is 12.3. The van der Waals surface area contributed by atoms with Crippen LogP contribution in [-0.4, -0.2) is 43.0 Å². The zero-order valence-corrected chi connectivity index (χ0v) is 17.7. The van der Waals surface area contributed by atoms with Crippen LogP contribution in [0.1, 0.15) is 44.1 Å². The Labute approximate surface area is 181 Å². The summed E-state index contributed by atoms with van der Waals surface area (Å²) in [5, 5.41) is 0. The van der Waals surface area contributed by atoms with Crippen LogP contribution in [-0.2, 0) is 4.79 Å². The molecule has 0 N–H and O–H groups in total. The number of halogens is 2. The number of carbonyl (C=O) groups is 1. The quantitative estimate of drug-likeness (QED) is 0.539.